The van der Waals surface area contributed by atoms with Crippen LogP contribution in [-0.2, 0) is 30.1 Å². The monoisotopic (exact) mass is 444 g/mol. The van der Waals surface area contributed by atoms with Crippen molar-refractivity contribution in [3.63, 3.8) is 0 Å². The molecule has 0 spiro atoms. The van der Waals surface area contributed by atoms with E-state index in [9.17, 15) is 39.5 Å². The smallest absolute Gasteiger partial charge is 0.359 e. The lowest BCUT2D eigenvalue weighted by Crippen LogP contribution is -2.56. The molecule has 0 amide bonds. The van der Waals surface area contributed by atoms with Gasteiger partial charge in [-0.25, -0.2) is 0 Å². The van der Waals surface area contributed by atoms with Gasteiger partial charge in [0, 0.05) is 19.8 Å². The molecule has 0 heterocycles. The largest absolute Gasteiger partial charge is 0.430 e. The molecule has 13 heteroatoms. The Kier molecular flexibility index (Phi) is 7.60. The Hall–Kier alpha value is -1.57. The van der Waals surface area contributed by atoms with Gasteiger partial charge in [-0.3, -0.25) is 0 Å². The van der Waals surface area contributed by atoms with E-state index in [1.807, 2.05) is 0 Å². The van der Waals surface area contributed by atoms with Crippen LogP contribution in [0, 0.1) is 0 Å². The third-order valence-electron chi connectivity index (χ3n) is 4.02. The van der Waals surface area contributed by atoms with Crippen molar-refractivity contribution in [3.05, 3.63) is 35.4 Å². The molecule has 0 bridgehead atoms. The molecule has 29 heavy (non-hydrogen) atoms. The Balaban J connectivity index is 3.75. The lowest BCUT2D eigenvalue weighted by molar-refractivity contribution is -0.400. The van der Waals surface area contributed by atoms with Crippen molar-refractivity contribution >= 4 is 0 Å². The van der Waals surface area contributed by atoms with E-state index in [0.717, 1.165) is 14.2 Å². The minimum absolute atomic E-state index is 0.0831. The zero-order chi connectivity index (χ0) is 22.7. The van der Waals surface area contributed by atoms with Crippen molar-refractivity contribution in [1.29, 1.82) is 0 Å². The maximum Gasteiger partial charge on any atom is 0.430 e. The topological polar surface area (TPSA) is 36.9 Å². The van der Waals surface area contributed by atoms with E-state index in [1.165, 1.54) is 0 Å². The summed E-state index contributed by atoms with van der Waals surface area (Å²) in [7, 11) is 1.78. The van der Waals surface area contributed by atoms with Crippen molar-refractivity contribution in [2.24, 2.45) is 0 Å². The fourth-order valence-corrected chi connectivity index (χ4v) is 2.42. The molecule has 0 aliphatic carbocycles. The number of methoxy groups -OCH3 is 2. The quantitative estimate of drug-likeness (QED) is 0.417. The third-order valence-corrected chi connectivity index (χ3v) is 4.02. The Morgan fingerprint density at radius 1 is 0.690 bits per heavy atom. The number of hydrogen-bond acceptors (Lipinski definition) is 4. The highest BCUT2D eigenvalue weighted by molar-refractivity contribution is 5.35. The van der Waals surface area contributed by atoms with Crippen molar-refractivity contribution in [2.45, 2.75) is 36.7 Å². The Morgan fingerprint density at radius 3 is 1.55 bits per heavy atom. The van der Waals surface area contributed by atoms with Crippen LogP contribution in [0.25, 0.3) is 0 Å². The van der Waals surface area contributed by atoms with Crippen molar-refractivity contribution in [2.75, 3.05) is 27.8 Å². The van der Waals surface area contributed by atoms with E-state index in [-0.39, 0.29) is 6.07 Å². The lowest BCUT2D eigenvalue weighted by Gasteiger charge is -2.38. The first-order valence-electron chi connectivity index (χ1n) is 7.65. The molecule has 0 aliphatic heterocycles. The molecule has 4 nitrogen and oxygen atoms in total. The highest BCUT2D eigenvalue weighted by Gasteiger charge is 2.73. The average Bonchev–Trinajstić information content (AvgIpc) is 2.57. The molecular formula is C16H17F9O4. The molecule has 0 N–H and O–H groups in total. The second-order valence-corrected chi connectivity index (χ2v) is 5.89. The summed E-state index contributed by atoms with van der Waals surface area (Å²) in [6, 6.07) is 1.72. The van der Waals surface area contributed by atoms with Crippen molar-refractivity contribution in [3.8, 4) is 0 Å². The van der Waals surface area contributed by atoms with Crippen LogP contribution in [0.3, 0.4) is 0 Å². The molecule has 1 unspecified atom stereocenters. The highest BCUT2D eigenvalue weighted by atomic mass is 19.4. The predicted molar refractivity (Wildman–Crippen MR) is 79.6 cm³/mol. The molecule has 168 valence electrons. The van der Waals surface area contributed by atoms with Crippen molar-refractivity contribution in [1.82, 2.24) is 0 Å². The van der Waals surface area contributed by atoms with Gasteiger partial charge < -0.3 is 18.9 Å². The van der Waals surface area contributed by atoms with Gasteiger partial charge in [0.15, 0.2) is 5.60 Å². The van der Waals surface area contributed by atoms with Gasteiger partial charge >= 0.3 is 18.5 Å². The minimum atomic E-state index is -6.08. The van der Waals surface area contributed by atoms with E-state index in [0.29, 0.717) is 25.1 Å². The summed E-state index contributed by atoms with van der Waals surface area (Å²) < 4.78 is 139. The molecule has 1 aromatic rings. The fourth-order valence-electron chi connectivity index (χ4n) is 2.42. The Bertz CT molecular complexity index is 656. The number of rotatable bonds is 8. The van der Waals surface area contributed by atoms with Crippen LogP contribution < -0.4 is 0 Å². The summed E-state index contributed by atoms with van der Waals surface area (Å²) in [5.74, 6) is 0. The number of hydrogen-bond donors (Lipinski definition) is 0. The van der Waals surface area contributed by atoms with Crippen LogP contribution in [0.2, 0.25) is 0 Å². The van der Waals surface area contributed by atoms with Gasteiger partial charge in [-0.2, -0.15) is 39.5 Å². The summed E-state index contributed by atoms with van der Waals surface area (Å²) in [6.45, 7) is -1.91. The summed E-state index contributed by atoms with van der Waals surface area (Å²) in [4.78, 5) is 0. The average molecular weight is 444 g/mol. The van der Waals surface area contributed by atoms with Crippen LogP contribution in [0.4, 0.5) is 39.5 Å². The van der Waals surface area contributed by atoms with Gasteiger partial charge in [0.25, 0.3) is 5.60 Å². The summed E-state index contributed by atoms with van der Waals surface area (Å²) in [5, 5.41) is 0. The van der Waals surface area contributed by atoms with E-state index < -0.39 is 54.4 Å². The van der Waals surface area contributed by atoms with Gasteiger partial charge in [0.05, 0.1) is 0 Å². The molecule has 1 aromatic carbocycles. The normalized spacial score (nSPS) is 16.0. The maximum absolute atomic E-state index is 13.6. The van der Waals surface area contributed by atoms with Gasteiger partial charge in [-0.15, -0.1) is 0 Å². The maximum atomic E-state index is 13.6. The van der Waals surface area contributed by atoms with Crippen LogP contribution in [0.1, 0.15) is 18.1 Å². The van der Waals surface area contributed by atoms with Crippen LogP contribution in [-0.4, -0.2) is 46.3 Å². The molecule has 0 saturated heterocycles. The molecule has 1 atom stereocenters. The first-order chi connectivity index (χ1) is 13.1. The standard InChI is InChI=1S/C16H17F9O4/c1-12(14(17,18)19,28-8-26-2)10-5-4-6-11(7-10)13(15(20,21)22,16(23,24)25)29-9-27-3/h4-7H,8-9H2,1-3H3. The Morgan fingerprint density at radius 2 is 1.14 bits per heavy atom. The van der Waals surface area contributed by atoms with Crippen molar-refractivity contribution < 1.29 is 58.5 Å². The fraction of sp³-hybridized carbons (Fsp3) is 0.625. The number of halogens is 9. The third kappa shape index (κ3) is 4.78. The molecule has 0 radical (unpaired) electrons. The molecule has 0 fully saturated rings. The van der Waals surface area contributed by atoms with Gasteiger partial charge in [-0.1, -0.05) is 18.2 Å². The van der Waals surface area contributed by atoms with Gasteiger partial charge in [0.2, 0.25) is 0 Å². The molecular weight excluding hydrogens is 427 g/mol. The Labute approximate surface area is 159 Å². The summed E-state index contributed by atoms with van der Waals surface area (Å²) in [5.41, 5.74) is -10.8. The molecule has 0 aromatic heterocycles. The van der Waals surface area contributed by atoms with E-state index >= 15 is 0 Å². The first kappa shape index (κ1) is 25.5. The van der Waals surface area contributed by atoms with Gasteiger partial charge in [0.1, 0.15) is 13.6 Å². The second kappa shape index (κ2) is 8.66. The number of ether oxygens (including phenoxy) is 4. The lowest BCUT2D eigenvalue weighted by atomic mass is 9.86. The number of alkyl halides is 9. The van der Waals surface area contributed by atoms with Gasteiger partial charge in [-0.05, 0) is 18.6 Å². The SMILES string of the molecule is COCOC(C)(c1cccc(C(OCOC)(C(F)(F)F)C(F)(F)F)c1)C(F)(F)F. The van der Waals surface area contributed by atoms with Crippen LogP contribution >= 0.6 is 0 Å². The molecule has 0 aliphatic rings. The number of benzene rings is 1. The van der Waals surface area contributed by atoms with E-state index in [4.69, 9.17) is 0 Å². The second-order valence-electron chi connectivity index (χ2n) is 5.89. The highest BCUT2D eigenvalue weighted by Crippen LogP contribution is 2.54. The van der Waals surface area contributed by atoms with Crippen LogP contribution in [0.5, 0.6) is 0 Å². The molecule has 0 saturated carbocycles. The summed E-state index contributed by atoms with van der Waals surface area (Å²) >= 11 is 0. The zero-order valence-corrected chi connectivity index (χ0v) is 15.3. The minimum Gasteiger partial charge on any atom is -0.359 e. The van der Waals surface area contributed by atoms with Crippen LogP contribution in [0.15, 0.2) is 24.3 Å². The van der Waals surface area contributed by atoms with E-state index in [1.54, 1.807) is 0 Å². The predicted octanol–water partition coefficient (Wildman–Crippen LogP) is 5.03. The first-order valence-corrected chi connectivity index (χ1v) is 7.65. The van der Waals surface area contributed by atoms with E-state index in [2.05, 4.69) is 18.9 Å². The summed E-state index contributed by atoms with van der Waals surface area (Å²) in [6.07, 6.45) is -17.4. The molecule has 1 rings (SSSR count). The zero-order valence-electron chi connectivity index (χ0n) is 15.3.